The van der Waals surface area contributed by atoms with Crippen molar-refractivity contribution in [3.63, 3.8) is 0 Å². The zero-order chi connectivity index (χ0) is 31.0. The van der Waals surface area contributed by atoms with Crippen LogP contribution in [0.1, 0.15) is 31.9 Å². The van der Waals surface area contributed by atoms with Crippen LogP contribution in [0, 0.1) is 6.92 Å². The molecule has 0 aliphatic carbocycles. The van der Waals surface area contributed by atoms with Gasteiger partial charge in [-0.3, -0.25) is 13.9 Å². The number of hydrogen-bond acceptors (Lipinski definition) is 7. The van der Waals surface area contributed by atoms with Gasteiger partial charge in [0, 0.05) is 18.7 Å². The first kappa shape index (κ1) is 32.3. The molecule has 2 amide bonds. The number of nitrogens with zero attached hydrogens (tertiary/aromatic N) is 2. The second-order valence-electron chi connectivity index (χ2n) is 10.1. The molecule has 10 nitrogen and oxygen atoms in total. The van der Waals surface area contributed by atoms with E-state index < -0.39 is 28.5 Å². The molecule has 42 heavy (non-hydrogen) atoms. The highest BCUT2D eigenvalue weighted by Gasteiger charge is 2.33. The number of aryl methyl sites for hydroxylation is 1. The summed E-state index contributed by atoms with van der Waals surface area (Å²) in [4.78, 5) is 28.4. The maximum Gasteiger partial charge on any atom is 0.264 e. The van der Waals surface area contributed by atoms with Gasteiger partial charge in [0.25, 0.3) is 10.0 Å². The van der Waals surface area contributed by atoms with Crippen LogP contribution >= 0.6 is 0 Å². The summed E-state index contributed by atoms with van der Waals surface area (Å²) in [6.45, 7) is 6.66. The number of methoxy groups -OCH3 is 3. The van der Waals surface area contributed by atoms with Gasteiger partial charge in [0.2, 0.25) is 11.8 Å². The predicted octanol–water partition coefficient (Wildman–Crippen LogP) is 4.16. The number of anilines is 1. The smallest absolute Gasteiger partial charge is 0.264 e. The lowest BCUT2D eigenvalue weighted by atomic mass is 10.1. The lowest BCUT2D eigenvalue weighted by Crippen LogP contribution is -2.52. The van der Waals surface area contributed by atoms with Crippen molar-refractivity contribution in [3.8, 4) is 17.2 Å². The van der Waals surface area contributed by atoms with E-state index in [1.165, 1.54) is 37.3 Å². The highest BCUT2D eigenvalue weighted by molar-refractivity contribution is 7.92. The topological polar surface area (TPSA) is 114 Å². The fraction of sp³-hybridized carbons (Fsp3) is 0.355. The summed E-state index contributed by atoms with van der Waals surface area (Å²) in [6.07, 6.45) is 0. The monoisotopic (exact) mass is 597 g/mol. The van der Waals surface area contributed by atoms with E-state index >= 15 is 0 Å². The van der Waals surface area contributed by atoms with Crippen LogP contribution in [0.4, 0.5) is 5.69 Å². The van der Waals surface area contributed by atoms with Crippen LogP contribution in [0.2, 0.25) is 0 Å². The van der Waals surface area contributed by atoms with Crippen molar-refractivity contribution in [2.75, 3.05) is 32.2 Å². The van der Waals surface area contributed by atoms with Crippen LogP contribution in [0.15, 0.2) is 71.6 Å². The molecule has 11 heteroatoms. The molecule has 0 aromatic heterocycles. The van der Waals surface area contributed by atoms with Crippen molar-refractivity contribution in [3.05, 3.63) is 77.9 Å². The summed E-state index contributed by atoms with van der Waals surface area (Å²) >= 11 is 0. The van der Waals surface area contributed by atoms with E-state index in [0.717, 1.165) is 15.4 Å². The normalized spacial score (nSPS) is 11.9. The van der Waals surface area contributed by atoms with E-state index in [0.29, 0.717) is 17.2 Å². The zero-order valence-electron chi connectivity index (χ0n) is 25.1. The first-order chi connectivity index (χ1) is 19.9. The summed E-state index contributed by atoms with van der Waals surface area (Å²) in [6, 6.07) is 17.2. The number of nitrogens with one attached hydrogen (secondary N) is 1. The number of ether oxygens (including phenoxy) is 3. The van der Waals surface area contributed by atoms with Gasteiger partial charge in [-0.1, -0.05) is 29.8 Å². The number of hydrogen-bond donors (Lipinski definition) is 1. The Balaban J connectivity index is 2.07. The van der Waals surface area contributed by atoms with Gasteiger partial charge in [0.1, 0.15) is 18.3 Å². The van der Waals surface area contributed by atoms with Gasteiger partial charge in [-0.2, -0.15) is 0 Å². The molecular formula is C31H39N3O7S. The standard InChI is InChI=1S/C31H39N3O7S/c1-21(2)32-31(36)23(4)33(19-24-9-8-10-26(17-24)39-5)30(35)20-34(25-13-11-22(3)12-14-25)42(37,38)27-15-16-28(40-6)29(18-27)41-7/h8-18,21,23H,19-20H2,1-7H3,(H,32,36)/t23-/m0/s1. The number of carbonyl (C=O) groups excluding carboxylic acids is 2. The van der Waals surface area contributed by atoms with Gasteiger partial charge in [-0.05, 0) is 69.7 Å². The number of sulfonamides is 1. The van der Waals surface area contributed by atoms with Crippen molar-refractivity contribution in [2.45, 2.75) is 51.2 Å². The number of rotatable bonds is 13. The molecule has 0 heterocycles. The molecule has 0 saturated carbocycles. The molecule has 0 aliphatic heterocycles. The summed E-state index contributed by atoms with van der Waals surface area (Å²) in [7, 11) is 0.136. The summed E-state index contributed by atoms with van der Waals surface area (Å²) in [5.74, 6) is 0.271. The lowest BCUT2D eigenvalue weighted by Gasteiger charge is -2.32. The Morgan fingerprint density at radius 3 is 2.12 bits per heavy atom. The number of amides is 2. The first-order valence-electron chi connectivity index (χ1n) is 13.5. The van der Waals surface area contributed by atoms with Gasteiger partial charge >= 0.3 is 0 Å². The average Bonchev–Trinajstić information content (AvgIpc) is 2.97. The third-order valence-electron chi connectivity index (χ3n) is 6.63. The van der Waals surface area contributed by atoms with Crippen molar-refractivity contribution in [1.82, 2.24) is 10.2 Å². The molecule has 0 aliphatic rings. The maximum atomic E-state index is 14.1. The molecule has 3 aromatic carbocycles. The van der Waals surface area contributed by atoms with Crippen molar-refractivity contribution >= 4 is 27.5 Å². The molecular weight excluding hydrogens is 558 g/mol. The van der Waals surface area contributed by atoms with E-state index in [2.05, 4.69) is 5.32 Å². The Bertz CT molecular complexity index is 1490. The predicted molar refractivity (Wildman–Crippen MR) is 162 cm³/mol. The van der Waals surface area contributed by atoms with Gasteiger partial charge in [0.15, 0.2) is 11.5 Å². The van der Waals surface area contributed by atoms with Gasteiger partial charge < -0.3 is 24.4 Å². The zero-order valence-corrected chi connectivity index (χ0v) is 25.9. The minimum atomic E-state index is -4.27. The van der Waals surface area contributed by atoms with E-state index in [1.54, 1.807) is 56.5 Å². The fourth-order valence-corrected chi connectivity index (χ4v) is 5.73. The van der Waals surface area contributed by atoms with E-state index in [1.807, 2.05) is 26.8 Å². The van der Waals surface area contributed by atoms with Gasteiger partial charge in [0.05, 0.1) is 31.9 Å². The maximum absolute atomic E-state index is 14.1. The quantitative estimate of drug-likeness (QED) is 0.315. The minimum Gasteiger partial charge on any atom is -0.497 e. The van der Waals surface area contributed by atoms with Crippen molar-refractivity contribution < 1.29 is 32.2 Å². The average molecular weight is 598 g/mol. The third-order valence-corrected chi connectivity index (χ3v) is 8.40. The number of carbonyl (C=O) groups is 2. The SMILES string of the molecule is COc1cccc(CN(C(=O)CN(c2ccc(C)cc2)S(=O)(=O)c2ccc(OC)c(OC)c2)[C@@H](C)C(=O)NC(C)C)c1. The van der Waals surface area contributed by atoms with Crippen LogP contribution in [-0.2, 0) is 26.2 Å². The Kier molecular flexibility index (Phi) is 10.8. The molecule has 0 fully saturated rings. The van der Waals surface area contributed by atoms with Gasteiger partial charge in [-0.15, -0.1) is 0 Å². The van der Waals surface area contributed by atoms with Gasteiger partial charge in [-0.25, -0.2) is 8.42 Å². The molecule has 1 N–H and O–H groups in total. The minimum absolute atomic E-state index is 0.0564. The molecule has 3 rings (SSSR count). The van der Waals surface area contributed by atoms with E-state index in [9.17, 15) is 18.0 Å². The van der Waals surface area contributed by atoms with Crippen molar-refractivity contribution in [1.29, 1.82) is 0 Å². The molecule has 226 valence electrons. The van der Waals surface area contributed by atoms with E-state index in [4.69, 9.17) is 14.2 Å². The van der Waals surface area contributed by atoms with Crippen LogP contribution < -0.4 is 23.8 Å². The summed E-state index contributed by atoms with van der Waals surface area (Å²) in [5.41, 5.74) is 1.94. The molecule has 0 unspecified atom stereocenters. The summed E-state index contributed by atoms with van der Waals surface area (Å²) < 4.78 is 45.2. The second-order valence-corrected chi connectivity index (χ2v) is 11.9. The molecule has 0 saturated heterocycles. The van der Waals surface area contributed by atoms with Crippen LogP contribution in [0.5, 0.6) is 17.2 Å². The van der Waals surface area contributed by atoms with Crippen molar-refractivity contribution in [2.24, 2.45) is 0 Å². The Labute approximate surface area is 248 Å². The highest BCUT2D eigenvalue weighted by Crippen LogP contribution is 2.32. The Morgan fingerprint density at radius 2 is 1.52 bits per heavy atom. The lowest BCUT2D eigenvalue weighted by molar-refractivity contribution is -0.139. The largest absolute Gasteiger partial charge is 0.497 e. The van der Waals surface area contributed by atoms with Crippen LogP contribution in [0.3, 0.4) is 0 Å². The number of benzene rings is 3. The molecule has 1 atom stereocenters. The molecule has 3 aromatic rings. The Morgan fingerprint density at radius 1 is 0.857 bits per heavy atom. The Hall–Kier alpha value is -4.25. The molecule has 0 spiro atoms. The molecule has 0 bridgehead atoms. The van der Waals surface area contributed by atoms with E-state index in [-0.39, 0.29) is 29.1 Å². The first-order valence-corrected chi connectivity index (χ1v) is 14.9. The van der Waals surface area contributed by atoms with Crippen LogP contribution in [0.25, 0.3) is 0 Å². The third kappa shape index (κ3) is 7.73. The van der Waals surface area contributed by atoms with Crippen LogP contribution in [-0.4, -0.2) is 65.1 Å². The second kappa shape index (κ2) is 14.1. The highest BCUT2D eigenvalue weighted by atomic mass is 32.2. The molecule has 0 radical (unpaired) electrons. The fourth-order valence-electron chi connectivity index (χ4n) is 4.30. The summed E-state index contributed by atoms with van der Waals surface area (Å²) in [5, 5.41) is 2.84.